The molecule has 0 N–H and O–H groups in total. The summed E-state index contributed by atoms with van der Waals surface area (Å²) in [5, 5.41) is 0. The number of allylic oxidation sites excluding steroid dienone is 1. The number of rotatable bonds is 9. The third-order valence-electron chi connectivity index (χ3n) is 3.69. The first-order valence-corrected chi connectivity index (χ1v) is 8.34. The van der Waals surface area contributed by atoms with E-state index in [1.165, 1.54) is 0 Å². The third-order valence-corrected chi connectivity index (χ3v) is 3.69. The Kier molecular flexibility index (Phi) is 7.08. The van der Waals surface area contributed by atoms with Crippen molar-refractivity contribution in [3.05, 3.63) is 59.7 Å². The smallest absolute Gasteiger partial charge is 0.185 e. The Bertz CT molecular complexity index is 712. The maximum Gasteiger partial charge on any atom is 0.185 e. The Morgan fingerprint density at radius 2 is 1.72 bits per heavy atom. The molecular weight excluding hydrogens is 316 g/mol. The van der Waals surface area contributed by atoms with Gasteiger partial charge in [0.2, 0.25) is 0 Å². The number of ketones is 1. The minimum Gasteiger partial charge on any atom is -0.497 e. The molecule has 0 fully saturated rings. The van der Waals surface area contributed by atoms with E-state index in [1.54, 1.807) is 44.6 Å². The summed E-state index contributed by atoms with van der Waals surface area (Å²) in [7, 11) is 3.19. The molecule has 0 heterocycles. The van der Waals surface area contributed by atoms with Gasteiger partial charge in [-0.15, -0.1) is 0 Å². The van der Waals surface area contributed by atoms with Crippen molar-refractivity contribution in [2.45, 2.75) is 19.8 Å². The lowest BCUT2D eigenvalue weighted by Crippen LogP contribution is -1.99. The molecule has 25 heavy (non-hydrogen) atoms. The normalized spacial score (nSPS) is 10.7. The molecule has 0 unspecified atom stereocenters. The Balaban J connectivity index is 2.11. The van der Waals surface area contributed by atoms with Crippen LogP contribution in [-0.2, 0) is 0 Å². The Morgan fingerprint density at radius 1 is 1.00 bits per heavy atom. The summed E-state index contributed by atoms with van der Waals surface area (Å²) in [4.78, 5) is 12.4. The van der Waals surface area contributed by atoms with Crippen molar-refractivity contribution < 1.29 is 19.0 Å². The third kappa shape index (κ3) is 5.68. The molecule has 0 saturated heterocycles. The summed E-state index contributed by atoms with van der Waals surface area (Å²) in [5.41, 5.74) is 1.43. The SMILES string of the molecule is CCCCOc1cccc(C(=O)C=Cc2cc(OC)cc(OC)c2)c1. The van der Waals surface area contributed by atoms with E-state index in [0.717, 1.165) is 24.2 Å². The number of methoxy groups -OCH3 is 2. The highest BCUT2D eigenvalue weighted by molar-refractivity contribution is 6.07. The Morgan fingerprint density at radius 3 is 2.36 bits per heavy atom. The van der Waals surface area contributed by atoms with Crippen molar-refractivity contribution in [3.63, 3.8) is 0 Å². The molecule has 0 aliphatic carbocycles. The molecule has 0 radical (unpaired) electrons. The molecule has 2 aromatic carbocycles. The average Bonchev–Trinajstić information content (AvgIpc) is 2.66. The van der Waals surface area contributed by atoms with Gasteiger partial charge in [0, 0.05) is 11.6 Å². The van der Waals surface area contributed by atoms with E-state index >= 15 is 0 Å². The van der Waals surface area contributed by atoms with Crippen LogP contribution in [0.4, 0.5) is 0 Å². The molecule has 0 spiro atoms. The molecule has 132 valence electrons. The number of hydrogen-bond acceptors (Lipinski definition) is 4. The largest absolute Gasteiger partial charge is 0.497 e. The molecule has 4 nitrogen and oxygen atoms in total. The van der Waals surface area contributed by atoms with Gasteiger partial charge in [0.1, 0.15) is 17.2 Å². The fourth-order valence-electron chi connectivity index (χ4n) is 2.27. The number of ether oxygens (including phenoxy) is 3. The van der Waals surface area contributed by atoms with Gasteiger partial charge in [0.15, 0.2) is 5.78 Å². The van der Waals surface area contributed by atoms with E-state index < -0.39 is 0 Å². The maximum absolute atomic E-state index is 12.4. The standard InChI is InChI=1S/C21H24O4/c1-4-5-11-25-18-8-6-7-17(14-18)21(22)10-9-16-12-19(23-2)15-20(13-16)24-3/h6-10,12-15H,4-5,11H2,1-3H3. The Hall–Kier alpha value is -2.75. The van der Waals surface area contributed by atoms with Crippen LogP contribution in [-0.4, -0.2) is 26.6 Å². The summed E-state index contributed by atoms with van der Waals surface area (Å²) < 4.78 is 16.1. The number of carbonyl (C=O) groups is 1. The van der Waals surface area contributed by atoms with Gasteiger partial charge in [0.25, 0.3) is 0 Å². The minimum atomic E-state index is -0.0808. The first kappa shape index (κ1) is 18.6. The van der Waals surface area contributed by atoms with Gasteiger partial charge < -0.3 is 14.2 Å². The van der Waals surface area contributed by atoms with Crippen LogP contribution in [0.1, 0.15) is 35.7 Å². The van der Waals surface area contributed by atoms with Gasteiger partial charge in [-0.3, -0.25) is 4.79 Å². The predicted molar refractivity (Wildman–Crippen MR) is 99.8 cm³/mol. The van der Waals surface area contributed by atoms with Crippen LogP contribution in [0.15, 0.2) is 48.5 Å². The van der Waals surface area contributed by atoms with Gasteiger partial charge in [-0.1, -0.05) is 31.6 Å². The zero-order valence-corrected chi connectivity index (χ0v) is 15.0. The molecule has 4 heteroatoms. The van der Waals surface area contributed by atoms with Gasteiger partial charge in [-0.05, 0) is 42.3 Å². The minimum absolute atomic E-state index is 0.0808. The highest BCUT2D eigenvalue weighted by atomic mass is 16.5. The van der Waals surface area contributed by atoms with Gasteiger partial charge >= 0.3 is 0 Å². The molecule has 0 aliphatic heterocycles. The average molecular weight is 340 g/mol. The van der Waals surface area contributed by atoms with E-state index in [1.807, 2.05) is 24.3 Å². The number of unbranched alkanes of at least 4 members (excludes halogenated alkanes) is 1. The van der Waals surface area contributed by atoms with Crippen molar-refractivity contribution in [2.75, 3.05) is 20.8 Å². The van der Waals surface area contributed by atoms with Crippen molar-refractivity contribution >= 4 is 11.9 Å². The van der Waals surface area contributed by atoms with Gasteiger partial charge in [-0.25, -0.2) is 0 Å². The van der Waals surface area contributed by atoms with E-state index in [0.29, 0.717) is 23.7 Å². The monoisotopic (exact) mass is 340 g/mol. The topological polar surface area (TPSA) is 44.8 Å². The summed E-state index contributed by atoms with van der Waals surface area (Å²) >= 11 is 0. The van der Waals surface area contributed by atoms with Crippen molar-refractivity contribution in [1.29, 1.82) is 0 Å². The molecule has 0 aliphatic rings. The van der Waals surface area contributed by atoms with Crippen LogP contribution in [0.3, 0.4) is 0 Å². The maximum atomic E-state index is 12.4. The Labute approximate surface area is 149 Å². The molecule has 2 rings (SSSR count). The summed E-state index contributed by atoms with van der Waals surface area (Å²) in [6.45, 7) is 2.77. The van der Waals surface area contributed by atoms with Crippen molar-refractivity contribution in [3.8, 4) is 17.2 Å². The molecular formula is C21H24O4. The molecule has 0 amide bonds. The van der Waals surface area contributed by atoms with Gasteiger partial charge in [0.05, 0.1) is 20.8 Å². The zero-order valence-electron chi connectivity index (χ0n) is 15.0. The van der Waals surface area contributed by atoms with E-state index in [4.69, 9.17) is 14.2 Å². The van der Waals surface area contributed by atoms with Crippen LogP contribution in [0.25, 0.3) is 6.08 Å². The first-order chi connectivity index (χ1) is 12.2. The second-order valence-corrected chi connectivity index (χ2v) is 5.57. The number of hydrogen-bond donors (Lipinski definition) is 0. The quantitative estimate of drug-likeness (QED) is 0.374. The van der Waals surface area contributed by atoms with E-state index in [2.05, 4.69) is 6.92 Å². The van der Waals surface area contributed by atoms with E-state index in [9.17, 15) is 4.79 Å². The predicted octanol–water partition coefficient (Wildman–Crippen LogP) is 4.78. The zero-order chi connectivity index (χ0) is 18.1. The molecule has 0 saturated carbocycles. The van der Waals surface area contributed by atoms with Crippen molar-refractivity contribution in [2.24, 2.45) is 0 Å². The van der Waals surface area contributed by atoms with Gasteiger partial charge in [-0.2, -0.15) is 0 Å². The summed E-state index contributed by atoms with van der Waals surface area (Å²) in [6, 6.07) is 12.7. The second kappa shape index (κ2) is 9.52. The fourth-order valence-corrected chi connectivity index (χ4v) is 2.27. The highest BCUT2D eigenvalue weighted by Gasteiger charge is 2.05. The number of carbonyl (C=O) groups excluding carboxylic acids is 1. The number of benzene rings is 2. The van der Waals surface area contributed by atoms with E-state index in [-0.39, 0.29) is 5.78 Å². The lowest BCUT2D eigenvalue weighted by molar-refractivity contribution is 0.104. The van der Waals surface area contributed by atoms with Crippen molar-refractivity contribution in [1.82, 2.24) is 0 Å². The summed E-state index contributed by atoms with van der Waals surface area (Å²) in [5.74, 6) is 1.99. The second-order valence-electron chi connectivity index (χ2n) is 5.57. The molecule has 2 aromatic rings. The fraction of sp³-hybridized carbons (Fsp3) is 0.286. The molecule has 0 atom stereocenters. The molecule has 0 bridgehead atoms. The first-order valence-electron chi connectivity index (χ1n) is 8.34. The lowest BCUT2D eigenvalue weighted by Gasteiger charge is -2.06. The highest BCUT2D eigenvalue weighted by Crippen LogP contribution is 2.23. The lowest BCUT2D eigenvalue weighted by atomic mass is 10.1. The molecule has 0 aromatic heterocycles. The van der Waals surface area contributed by atoms with Crippen LogP contribution in [0.5, 0.6) is 17.2 Å². The van der Waals surface area contributed by atoms with Crippen LogP contribution >= 0.6 is 0 Å². The summed E-state index contributed by atoms with van der Waals surface area (Å²) in [6.07, 6.45) is 5.36. The van der Waals surface area contributed by atoms with Crippen LogP contribution < -0.4 is 14.2 Å². The van der Waals surface area contributed by atoms with Crippen LogP contribution in [0.2, 0.25) is 0 Å². The van der Waals surface area contributed by atoms with Crippen LogP contribution in [0, 0.1) is 0 Å².